The monoisotopic (exact) mass is 503 g/mol. The second-order valence-corrected chi connectivity index (χ2v) is 8.59. The first-order valence-corrected chi connectivity index (χ1v) is 13.3. The molecule has 1 N–H and O–H groups in total. The molecule has 0 bridgehead atoms. The van der Waals surface area contributed by atoms with E-state index in [0.29, 0.717) is 11.1 Å². The molecule has 5 nitrogen and oxygen atoms in total. The number of rotatable bonds is 16. The molecule has 0 saturated carbocycles. The highest BCUT2D eigenvalue weighted by Crippen LogP contribution is 2.34. The van der Waals surface area contributed by atoms with Crippen LogP contribution in [0.4, 0.5) is 0 Å². The Bertz CT molecular complexity index is 1020. The van der Waals surface area contributed by atoms with Crippen LogP contribution in [-0.4, -0.2) is 34.5 Å². The Morgan fingerprint density at radius 2 is 1.32 bits per heavy atom. The molecule has 1 aromatic rings. The molecule has 2 rings (SSSR count). The zero-order chi connectivity index (χ0) is 26.7. The van der Waals surface area contributed by atoms with E-state index >= 15 is 0 Å². The molecule has 0 aliphatic carbocycles. The van der Waals surface area contributed by atoms with Crippen LogP contribution in [0.5, 0.6) is 0 Å². The lowest BCUT2D eigenvalue weighted by molar-refractivity contribution is -0.151. The summed E-state index contributed by atoms with van der Waals surface area (Å²) >= 11 is 0. The first-order chi connectivity index (χ1) is 18.1. The van der Waals surface area contributed by atoms with Gasteiger partial charge in [-0.25, -0.2) is 4.79 Å². The Hall–Kier alpha value is -3.44. The Kier molecular flexibility index (Phi) is 14.4. The van der Waals surface area contributed by atoms with Crippen LogP contribution in [0.2, 0.25) is 0 Å². The lowest BCUT2D eigenvalue weighted by Crippen LogP contribution is -2.44. The van der Waals surface area contributed by atoms with E-state index in [9.17, 15) is 14.7 Å². The highest BCUT2D eigenvalue weighted by atomic mass is 16.5. The number of carbonyl (C=O) groups is 2. The smallest absolute Gasteiger partial charge is 0.329 e. The fraction of sp³-hybridized carbons (Fsp3) is 0.375. The highest BCUT2D eigenvalue weighted by molar-refractivity contribution is 6.01. The molecule has 1 aliphatic heterocycles. The molecule has 0 radical (unpaired) electrons. The maximum atomic E-state index is 12.9. The fourth-order valence-corrected chi connectivity index (χ4v) is 3.94. The topological polar surface area (TPSA) is 66.8 Å². The van der Waals surface area contributed by atoms with Gasteiger partial charge in [0.15, 0.2) is 6.23 Å². The van der Waals surface area contributed by atoms with E-state index in [2.05, 4.69) is 67.7 Å². The third-order valence-corrected chi connectivity index (χ3v) is 5.82. The van der Waals surface area contributed by atoms with E-state index in [4.69, 9.17) is 4.74 Å². The molecular weight excluding hydrogens is 462 g/mol. The molecule has 2 unspecified atom stereocenters. The summed E-state index contributed by atoms with van der Waals surface area (Å²) in [7, 11) is 0. The molecule has 37 heavy (non-hydrogen) atoms. The van der Waals surface area contributed by atoms with E-state index in [-0.39, 0.29) is 18.9 Å². The normalized spacial score (nSPS) is 17.0. The van der Waals surface area contributed by atoms with Gasteiger partial charge in [-0.3, -0.25) is 9.69 Å². The van der Waals surface area contributed by atoms with Crippen molar-refractivity contribution in [3.63, 3.8) is 0 Å². The standard InChI is InChI=1S/C32H41NO4/c1-3-5-6-7-8-9-10-11-12-13-14-15-16-17-18-19-20-21-26-29(32(36)37-4-2)33-30(34)27-24-22-23-25-28(27)31(33)35/h5-6,8-9,11-12,14-15,17-18,20-25,29-30,34H,3-4,7,10,13,16,19,26H2,1-2H3/b6-5-,9-8-,12-11-,15-14-,18-17-,21-20-. The van der Waals surface area contributed by atoms with Crippen molar-refractivity contribution in [2.75, 3.05) is 6.61 Å². The second-order valence-electron chi connectivity index (χ2n) is 8.59. The van der Waals surface area contributed by atoms with Gasteiger partial charge in [0.25, 0.3) is 5.91 Å². The molecular formula is C32H41NO4. The van der Waals surface area contributed by atoms with Crippen LogP contribution < -0.4 is 0 Å². The van der Waals surface area contributed by atoms with Crippen molar-refractivity contribution in [3.8, 4) is 0 Å². The Labute approximate surface area is 222 Å². The highest BCUT2D eigenvalue weighted by Gasteiger charge is 2.42. The lowest BCUT2D eigenvalue weighted by atomic mass is 10.1. The maximum absolute atomic E-state index is 12.9. The molecule has 1 aliphatic rings. The van der Waals surface area contributed by atoms with Gasteiger partial charge in [0.05, 0.1) is 6.61 Å². The number of carbonyl (C=O) groups excluding carboxylic acids is 2. The quantitative estimate of drug-likeness (QED) is 0.192. The Morgan fingerprint density at radius 3 is 1.81 bits per heavy atom. The average molecular weight is 504 g/mol. The van der Waals surface area contributed by atoms with Gasteiger partial charge in [0, 0.05) is 11.1 Å². The number of amides is 1. The van der Waals surface area contributed by atoms with Crippen molar-refractivity contribution in [2.45, 2.75) is 71.1 Å². The molecule has 5 heteroatoms. The van der Waals surface area contributed by atoms with Gasteiger partial charge in [0.2, 0.25) is 0 Å². The minimum atomic E-state index is -1.16. The van der Waals surface area contributed by atoms with Crippen molar-refractivity contribution >= 4 is 11.9 Å². The van der Waals surface area contributed by atoms with E-state index in [1.54, 1.807) is 31.2 Å². The first kappa shape index (κ1) is 29.8. The van der Waals surface area contributed by atoms with E-state index in [1.165, 1.54) is 4.90 Å². The average Bonchev–Trinajstić information content (AvgIpc) is 3.15. The van der Waals surface area contributed by atoms with Crippen LogP contribution in [-0.2, 0) is 9.53 Å². The second kappa shape index (κ2) is 17.9. The van der Waals surface area contributed by atoms with Crippen LogP contribution in [0.1, 0.15) is 80.9 Å². The molecule has 0 spiro atoms. The summed E-state index contributed by atoms with van der Waals surface area (Å²) in [6, 6.07) is 6.01. The number of nitrogens with zero attached hydrogens (tertiary/aromatic N) is 1. The number of esters is 1. The Morgan fingerprint density at radius 1 is 0.838 bits per heavy atom. The minimum Gasteiger partial charge on any atom is -0.464 e. The third kappa shape index (κ3) is 10.2. The fourth-order valence-electron chi connectivity index (χ4n) is 3.94. The molecule has 2 atom stereocenters. The van der Waals surface area contributed by atoms with Gasteiger partial charge in [-0.05, 0) is 57.9 Å². The molecule has 1 amide bonds. The zero-order valence-electron chi connectivity index (χ0n) is 22.2. The predicted molar refractivity (Wildman–Crippen MR) is 151 cm³/mol. The van der Waals surface area contributed by atoms with Gasteiger partial charge in [0.1, 0.15) is 6.04 Å². The van der Waals surface area contributed by atoms with Gasteiger partial charge in [-0.2, -0.15) is 0 Å². The number of hydrogen-bond donors (Lipinski definition) is 1. The van der Waals surface area contributed by atoms with Gasteiger partial charge in [-0.15, -0.1) is 0 Å². The summed E-state index contributed by atoms with van der Waals surface area (Å²) < 4.78 is 5.19. The number of aliphatic hydroxyl groups is 1. The number of fused-ring (bicyclic) bond motifs is 1. The lowest BCUT2D eigenvalue weighted by Gasteiger charge is -2.28. The van der Waals surface area contributed by atoms with Crippen molar-refractivity contribution < 1.29 is 19.4 Å². The SMILES string of the molecule is CC/C=C\C/C=C\C/C=C\C/C=C\C/C=C\C/C=C\CC(C(=O)OCC)N1C(=O)c2ccccc2C1O. The van der Waals surface area contributed by atoms with Crippen LogP contribution in [0.15, 0.2) is 97.2 Å². The number of aliphatic hydroxyl groups excluding tert-OH is 1. The van der Waals surface area contributed by atoms with Crippen LogP contribution in [0.3, 0.4) is 0 Å². The largest absolute Gasteiger partial charge is 0.464 e. The summed E-state index contributed by atoms with van der Waals surface area (Å²) in [6.07, 6.45) is 30.1. The zero-order valence-corrected chi connectivity index (χ0v) is 22.2. The number of benzene rings is 1. The molecule has 1 aromatic carbocycles. The van der Waals surface area contributed by atoms with E-state index in [1.807, 2.05) is 12.2 Å². The molecule has 0 fully saturated rings. The maximum Gasteiger partial charge on any atom is 0.329 e. The first-order valence-electron chi connectivity index (χ1n) is 13.3. The van der Waals surface area contributed by atoms with Crippen molar-refractivity contribution in [2.24, 2.45) is 0 Å². The number of ether oxygens (including phenoxy) is 1. The summed E-state index contributed by atoms with van der Waals surface area (Å²) in [6.45, 7) is 4.08. The third-order valence-electron chi connectivity index (χ3n) is 5.82. The minimum absolute atomic E-state index is 0.212. The molecule has 0 aromatic heterocycles. The van der Waals surface area contributed by atoms with Crippen molar-refractivity contribution in [1.29, 1.82) is 0 Å². The van der Waals surface area contributed by atoms with Crippen LogP contribution in [0, 0.1) is 0 Å². The van der Waals surface area contributed by atoms with Gasteiger partial charge < -0.3 is 9.84 Å². The molecule has 198 valence electrons. The summed E-state index contributed by atoms with van der Waals surface area (Å²) in [5, 5.41) is 10.7. The summed E-state index contributed by atoms with van der Waals surface area (Å²) in [5.74, 6) is -0.866. The predicted octanol–water partition coefficient (Wildman–Crippen LogP) is 7.15. The van der Waals surface area contributed by atoms with Gasteiger partial charge in [-0.1, -0.05) is 98.0 Å². The number of allylic oxidation sites excluding steroid dienone is 11. The van der Waals surface area contributed by atoms with Crippen LogP contribution >= 0.6 is 0 Å². The Balaban J connectivity index is 1.73. The van der Waals surface area contributed by atoms with E-state index < -0.39 is 18.2 Å². The molecule has 1 heterocycles. The van der Waals surface area contributed by atoms with Gasteiger partial charge >= 0.3 is 5.97 Å². The summed E-state index contributed by atoms with van der Waals surface area (Å²) in [4.78, 5) is 26.7. The van der Waals surface area contributed by atoms with E-state index in [0.717, 1.165) is 38.5 Å². The molecule has 0 saturated heterocycles. The summed E-state index contributed by atoms with van der Waals surface area (Å²) in [5.41, 5.74) is 0.941. The number of hydrogen-bond acceptors (Lipinski definition) is 4. The van der Waals surface area contributed by atoms with Crippen LogP contribution in [0.25, 0.3) is 0 Å². The van der Waals surface area contributed by atoms with Crippen molar-refractivity contribution in [3.05, 3.63) is 108 Å². The van der Waals surface area contributed by atoms with Crippen molar-refractivity contribution in [1.82, 2.24) is 4.90 Å².